The first-order chi connectivity index (χ1) is 9.31. The molecule has 0 unspecified atom stereocenters. The number of hydrogen-bond acceptors (Lipinski definition) is 3. The molecule has 3 heteroatoms. The highest BCUT2D eigenvalue weighted by Crippen LogP contribution is 2.25. The van der Waals surface area contributed by atoms with Gasteiger partial charge < -0.3 is 14.8 Å². The summed E-state index contributed by atoms with van der Waals surface area (Å²) in [6.07, 6.45) is 1.07. The molecule has 0 saturated heterocycles. The quantitative estimate of drug-likeness (QED) is 0.818. The van der Waals surface area contributed by atoms with E-state index in [-0.39, 0.29) is 5.54 Å². The first-order valence-corrected chi connectivity index (χ1v) is 7.36. The van der Waals surface area contributed by atoms with Gasteiger partial charge in [0.2, 0.25) is 0 Å². The average molecular weight is 279 g/mol. The Morgan fingerprint density at radius 1 is 1.20 bits per heavy atom. The van der Waals surface area contributed by atoms with Crippen LogP contribution in [0.4, 0.5) is 0 Å². The molecular formula is C17H29NO2. The van der Waals surface area contributed by atoms with E-state index in [4.69, 9.17) is 9.47 Å². The van der Waals surface area contributed by atoms with Crippen molar-refractivity contribution in [3.05, 3.63) is 23.8 Å². The van der Waals surface area contributed by atoms with Crippen LogP contribution in [0.1, 0.15) is 46.6 Å². The predicted molar refractivity (Wildman–Crippen MR) is 84.5 cm³/mol. The lowest BCUT2D eigenvalue weighted by molar-refractivity contribution is 0.284. The molecule has 0 bridgehead atoms. The van der Waals surface area contributed by atoms with Crippen LogP contribution in [0.15, 0.2) is 18.2 Å². The summed E-state index contributed by atoms with van der Waals surface area (Å²) in [7, 11) is 1.69. The highest BCUT2D eigenvalue weighted by Gasteiger charge is 2.12. The molecule has 0 spiro atoms. The summed E-state index contributed by atoms with van der Waals surface area (Å²) >= 11 is 0. The fourth-order valence-corrected chi connectivity index (χ4v) is 1.73. The molecule has 1 rings (SSSR count). The smallest absolute Gasteiger partial charge is 0.124 e. The van der Waals surface area contributed by atoms with Crippen molar-refractivity contribution in [2.45, 2.75) is 53.1 Å². The number of ether oxygens (including phenoxy) is 2. The zero-order valence-electron chi connectivity index (χ0n) is 13.7. The van der Waals surface area contributed by atoms with Gasteiger partial charge in [-0.3, -0.25) is 0 Å². The third kappa shape index (κ3) is 6.29. The topological polar surface area (TPSA) is 30.5 Å². The Labute approximate surface area is 123 Å². The van der Waals surface area contributed by atoms with Crippen LogP contribution in [-0.4, -0.2) is 19.3 Å². The van der Waals surface area contributed by atoms with E-state index in [0.29, 0.717) is 5.92 Å². The minimum atomic E-state index is 0.0816. The van der Waals surface area contributed by atoms with Crippen LogP contribution >= 0.6 is 0 Å². The van der Waals surface area contributed by atoms with Gasteiger partial charge >= 0.3 is 0 Å². The molecule has 0 aliphatic heterocycles. The van der Waals surface area contributed by atoms with Crippen LogP contribution in [0.3, 0.4) is 0 Å². The van der Waals surface area contributed by atoms with Gasteiger partial charge in [0.1, 0.15) is 11.5 Å². The summed E-state index contributed by atoms with van der Waals surface area (Å²) in [5.74, 6) is 2.47. The number of hydrogen-bond donors (Lipinski definition) is 1. The van der Waals surface area contributed by atoms with Gasteiger partial charge in [-0.15, -0.1) is 0 Å². The highest BCUT2D eigenvalue weighted by atomic mass is 16.5. The molecule has 114 valence electrons. The molecule has 1 N–H and O–H groups in total. The monoisotopic (exact) mass is 279 g/mol. The van der Waals surface area contributed by atoms with Crippen molar-refractivity contribution in [3.63, 3.8) is 0 Å². The summed E-state index contributed by atoms with van der Waals surface area (Å²) in [4.78, 5) is 0. The number of nitrogens with one attached hydrogen (secondary N) is 1. The molecule has 20 heavy (non-hydrogen) atoms. The van der Waals surface area contributed by atoms with Crippen molar-refractivity contribution >= 4 is 0 Å². The number of methoxy groups -OCH3 is 1. The molecule has 1 aromatic carbocycles. The largest absolute Gasteiger partial charge is 0.497 e. The summed E-state index contributed by atoms with van der Waals surface area (Å²) < 4.78 is 11.2. The van der Waals surface area contributed by atoms with Crippen LogP contribution in [0, 0.1) is 5.92 Å². The second kappa shape index (κ2) is 7.53. The van der Waals surface area contributed by atoms with E-state index in [0.717, 1.165) is 36.6 Å². The molecule has 0 fully saturated rings. The normalized spacial score (nSPS) is 11.8. The Balaban J connectivity index is 2.75. The summed E-state index contributed by atoms with van der Waals surface area (Å²) in [5, 5.41) is 3.49. The first-order valence-electron chi connectivity index (χ1n) is 7.36. The van der Waals surface area contributed by atoms with Crippen molar-refractivity contribution in [1.82, 2.24) is 5.32 Å². The van der Waals surface area contributed by atoms with Crippen LogP contribution in [0.2, 0.25) is 0 Å². The van der Waals surface area contributed by atoms with Crippen LogP contribution in [0.5, 0.6) is 11.5 Å². The molecule has 0 atom stereocenters. The maximum absolute atomic E-state index is 5.92. The van der Waals surface area contributed by atoms with E-state index in [2.05, 4.69) is 39.9 Å². The van der Waals surface area contributed by atoms with Crippen molar-refractivity contribution in [3.8, 4) is 11.5 Å². The Bertz CT molecular complexity index is 408. The average Bonchev–Trinajstić information content (AvgIpc) is 2.36. The number of benzene rings is 1. The maximum Gasteiger partial charge on any atom is 0.124 e. The second-order valence-corrected chi connectivity index (χ2v) is 6.61. The molecule has 0 saturated carbocycles. The number of rotatable bonds is 7. The zero-order valence-corrected chi connectivity index (χ0v) is 13.7. The minimum absolute atomic E-state index is 0.0816. The van der Waals surface area contributed by atoms with Gasteiger partial charge in [0.25, 0.3) is 0 Å². The third-order valence-electron chi connectivity index (χ3n) is 3.03. The fourth-order valence-electron chi connectivity index (χ4n) is 1.73. The Kier molecular flexibility index (Phi) is 6.34. The molecule has 1 aromatic rings. The van der Waals surface area contributed by atoms with Gasteiger partial charge in [0, 0.05) is 17.6 Å². The van der Waals surface area contributed by atoms with E-state index < -0.39 is 0 Å². The molecule has 0 aromatic heterocycles. The lowest BCUT2D eigenvalue weighted by Crippen LogP contribution is -2.35. The van der Waals surface area contributed by atoms with Crippen LogP contribution < -0.4 is 14.8 Å². The molecule has 0 radical (unpaired) electrons. The summed E-state index contributed by atoms with van der Waals surface area (Å²) in [6, 6.07) is 5.99. The van der Waals surface area contributed by atoms with Crippen molar-refractivity contribution < 1.29 is 9.47 Å². The van der Waals surface area contributed by atoms with E-state index in [1.54, 1.807) is 7.11 Å². The van der Waals surface area contributed by atoms with E-state index in [9.17, 15) is 0 Å². The van der Waals surface area contributed by atoms with Gasteiger partial charge in [0.15, 0.2) is 0 Å². The predicted octanol–water partition coefficient (Wildman–Crippen LogP) is 4.01. The van der Waals surface area contributed by atoms with Gasteiger partial charge in [-0.25, -0.2) is 0 Å². The second-order valence-electron chi connectivity index (χ2n) is 6.61. The highest BCUT2D eigenvalue weighted by molar-refractivity contribution is 5.40. The van der Waals surface area contributed by atoms with Gasteiger partial charge in [-0.05, 0) is 51.3 Å². The molecule has 0 aliphatic rings. The maximum atomic E-state index is 5.92. The molecule has 0 aliphatic carbocycles. The molecule has 0 amide bonds. The van der Waals surface area contributed by atoms with Crippen molar-refractivity contribution in [1.29, 1.82) is 0 Å². The van der Waals surface area contributed by atoms with E-state index in [1.165, 1.54) is 0 Å². The van der Waals surface area contributed by atoms with Crippen LogP contribution in [-0.2, 0) is 6.54 Å². The SMILES string of the molecule is COc1ccc(OCCC(C)C)c(CNC(C)(C)C)c1. The van der Waals surface area contributed by atoms with Gasteiger partial charge in [-0.2, -0.15) is 0 Å². The van der Waals surface area contributed by atoms with E-state index >= 15 is 0 Å². The van der Waals surface area contributed by atoms with Crippen molar-refractivity contribution in [2.24, 2.45) is 5.92 Å². The minimum Gasteiger partial charge on any atom is -0.497 e. The lowest BCUT2D eigenvalue weighted by atomic mass is 10.1. The van der Waals surface area contributed by atoms with Gasteiger partial charge in [-0.1, -0.05) is 13.8 Å². The summed E-state index contributed by atoms with van der Waals surface area (Å²) in [6.45, 7) is 12.4. The Morgan fingerprint density at radius 2 is 1.90 bits per heavy atom. The van der Waals surface area contributed by atoms with Crippen molar-refractivity contribution in [2.75, 3.05) is 13.7 Å². The summed E-state index contributed by atoms with van der Waals surface area (Å²) in [5.41, 5.74) is 1.22. The molecule has 0 heterocycles. The Morgan fingerprint density at radius 3 is 2.45 bits per heavy atom. The third-order valence-corrected chi connectivity index (χ3v) is 3.03. The molecule has 3 nitrogen and oxygen atoms in total. The molecular weight excluding hydrogens is 250 g/mol. The van der Waals surface area contributed by atoms with E-state index in [1.807, 2.05) is 18.2 Å². The Hall–Kier alpha value is -1.22. The lowest BCUT2D eigenvalue weighted by Gasteiger charge is -2.22. The zero-order chi connectivity index (χ0) is 15.2. The fraction of sp³-hybridized carbons (Fsp3) is 0.647. The van der Waals surface area contributed by atoms with Crippen LogP contribution in [0.25, 0.3) is 0 Å². The first kappa shape index (κ1) is 16.8. The van der Waals surface area contributed by atoms with Gasteiger partial charge in [0.05, 0.1) is 13.7 Å². The standard InChI is InChI=1S/C17H29NO2/c1-13(2)9-10-20-16-8-7-15(19-6)11-14(16)12-18-17(3,4)5/h7-8,11,13,18H,9-10,12H2,1-6H3.